The first-order valence-electron chi connectivity index (χ1n) is 5.17. The van der Waals surface area contributed by atoms with Crippen LogP contribution in [0, 0.1) is 18.3 Å². The van der Waals surface area contributed by atoms with Gasteiger partial charge in [0, 0.05) is 6.07 Å². The molecule has 0 radical (unpaired) electrons. The number of nitriles is 1. The quantitative estimate of drug-likeness (QED) is 0.833. The molecule has 0 amide bonds. The van der Waals surface area contributed by atoms with Gasteiger partial charge in [0.1, 0.15) is 16.5 Å². The monoisotopic (exact) mass is 303 g/mol. The Hall–Kier alpha value is -2.13. The molecule has 90 valence electrons. The minimum atomic E-state index is 0.351. The number of aromatic nitrogens is 2. The molecule has 0 aliphatic carbocycles. The van der Waals surface area contributed by atoms with Gasteiger partial charge in [0.2, 0.25) is 5.95 Å². The zero-order chi connectivity index (χ0) is 13.1. The molecule has 0 bridgehead atoms. The number of benzene rings is 1. The largest absolute Gasteiger partial charge is 0.383 e. The molecule has 0 fully saturated rings. The lowest BCUT2D eigenvalue weighted by Crippen LogP contribution is -2.02. The third-order valence-corrected chi connectivity index (χ3v) is 2.75. The van der Waals surface area contributed by atoms with E-state index in [0.717, 1.165) is 5.56 Å². The summed E-state index contributed by atoms with van der Waals surface area (Å²) in [6.07, 6.45) is 0. The number of nitrogen functional groups attached to an aromatic ring is 1. The summed E-state index contributed by atoms with van der Waals surface area (Å²) in [5.41, 5.74) is 7.75. The van der Waals surface area contributed by atoms with E-state index in [1.165, 1.54) is 0 Å². The van der Waals surface area contributed by atoms with Gasteiger partial charge in [-0.1, -0.05) is 12.1 Å². The number of anilines is 3. The number of rotatable bonds is 2. The summed E-state index contributed by atoms with van der Waals surface area (Å²) in [6, 6.07) is 9.29. The van der Waals surface area contributed by atoms with Crippen molar-refractivity contribution in [1.29, 1.82) is 5.26 Å². The van der Waals surface area contributed by atoms with Crippen LogP contribution in [0.25, 0.3) is 0 Å². The van der Waals surface area contributed by atoms with E-state index < -0.39 is 0 Å². The van der Waals surface area contributed by atoms with Gasteiger partial charge in [-0.05, 0) is 34.5 Å². The van der Waals surface area contributed by atoms with Crippen LogP contribution >= 0.6 is 15.9 Å². The Morgan fingerprint density at radius 2 is 2.17 bits per heavy atom. The molecule has 1 heterocycles. The SMILES string of the molecule is Cc1cccc(Nc2nc(N)cc(Br)n2)c1C#N. The van der Waals surface area contributed by atoms with Crippen molar-refractivity contribution in [1.82, 2.24) is 9.97 Å². The minimum Gasteiger partial charge on any atom is -0.383 e. The summed E-state index contributed by atoms with van der Waals surface area (Å²) in [6.45, 7) is 1.87. The molecule has 0 aliphatic rings. The maximum absolute atomic E-state index is 9.12. The molecule has 0 saturated heterocycles. The van der Waals surface area contributed by atoms with Gasteiger partial charge in [-0.25, -0.2) is 4.98 Å². The van der Waals surface area contributed by atoms with Gasteiger partial charge in [0.15, 0.2) is 0 Å². The summed E-state index contributed by atoms with van der Waals surface area (Å²) in [4.78, 5) is 8.19. The second-order valence-electron chi connectivity index (χ2n) is 3.67. The molecule has 0 saturated carbocycles. The zero-order valence-electron chi connectivity index (χ0n) is 9.61. The van der Waals surface area contributed by atoms with Crippen LogP contribution in [0.2, 0.25) is 0 Å². The number of aryl methyl sites for hydroxylation is 1. The average Bonchev–Trinajstić information content (AvgIpc) is 2.27. The number of halogens is 1. The molecule has 0 atom stereocenters. The first-order valence-corrected chi connectivity index (χ1v) is 5.96. The van der Waals surface area contributed by atoms with E-state index in [2.05, 4.69) is 37.3 Å². The van der Waals surface area contributed by atoms with Crippen LogP contribution in [-0.2, 0) is 0 Å². The van der Waals surface area contributed by atoms with Gasteiger partial charge in [0.25, 0.3) is 0 Å². The smallest absolute Gasteiger partial charge is 0.230 e. The highest BCUT2D eigenvalue weighted by Gasteiger charge is 2.07. The van der Waals surface area contributed by atoms with Crippen molar-refractivity contribution in [3.63, 3.8) is 0 Å². The molecule has 6 heteroatoms. The molecule has 2 rings (SSSR count). The maximum atomic E-state index is 9.12. The van der Waals surface area contributed by atoms with Crippen molar-refractivity contribution >= 4 is 33.4 Å². The molecule has 3 N–H and O–H groups in total. The van der Waals surface area contributed by atoms with Crippen LogP contribution in [0.3, 0.4) is 0 Å². The summed E-state index contributed by atoms with van der Waals surface area (Å²) in [5.74, 6) is 0.703. The maximum Gasteiger partial charge on any atom is 0.230 e. The van der Waals surface area contributed by atoms with Gasteiger partial charge in [-0.3, -0.25) is 0 Å². The third-order valence-electron chi connectivity index (χ3n) is 2.35. The molecule has 1 aromatic carbocycles. The Morgan fingerprint density at radius 3 is 2.83 bits per heavy atom. The number of hydrogen-bond donors (Lipinski definition) is 2. The fourth-order valence-electron chi connectivity index (χ4n) is 1.53. The van der Waals surface area contributed by atoms with Gasteiger partial charge in [-0.15, -0.1) is 0 Å². The molecule has 0 unspecified atom stereocenters. The molecular weight excluding hydrogens is 294 g/mol. The molecular formula is C12H10BrN5. The highest BCUT2D eigenvalue weighted by molar-refractivity contribution is 9.10. The standard InChI is InChI=1S/C12H10BrN5/c1-7-3-2-4-9(8(7)6-14)16-12-17-10(13)5-11(15)18-12/h2-5H,1H3,(H3,15,16,17,18). The Labute approximate surface area is 113 Å². The van der Waals surface area contributed by atoms with E-state index in [0.29, 0.717) is 27.6 Å². The van der Waals surface area contributed by atoms with Crippen LogP contribution in [0.15, 0.2) is 28.9 Å². The van der Waals surface area contributed by atoms with Crippen LogP contribution in [0.1, 0.15) is 11.1 Å². The van der Waals surface area contributed by atoms with Crippen LogP contribution in [0.5, 0.6) is 0 Å². The summed E-state index contributed by atoms with van der Waals surface area (Å²) < 4.78 is 0.587. The molecule has 18 heavy (non-hydrogen) atoms. The molecule has 1 aromatic heterocycles. The normalized spacial score (nSPS) is 9.83. The number of nitrogens with zero attached hydrogens (tertiary/aromatic N) is 3. The van der Waals surface area contributed by atoms with Crippen molar-refractivity contribution in [2.45, 2.75) is 6.92 Å². The summed E-state index contributed by atoms with van der Waals surface area (Å²) in [7, 11) is 0. The molecule has 2 aromatic rings. The molecule has 0 aliphatic heterocycles. The second kappa shape index (κ2) is 5.02. The predicted octanol–water partition coefficient (Wildman–Crippen LogP) is 2.75. The first kappa shape index (κ1) is 12.3. The lowest BCUT2D eigenvalue weighted by atomic mass is 10.1. The van der Waals surface area contributed by atoms with Crippen molar-refractivity contribution in [2.24, 2.45) is 0 Å². The Bertz CT molecular complexity index is 613. The van der Waals surface area contributed by atoms with Gasteiger partial charge in [-0.2, -0.15) is 10.2 Å². The number of hydrogen-bond acceptors (Lipinski definition) is 5. The highest BCUT2D eigenvalue weighted by Crippen LogP contribution is 2.22. The number of nitrogens with one attached hydrogen (secondary N) is 1. The lowest BCUT2D eigenvalue weighted by molar-refractivity contribution is 1.15. The molecule has 0 spiro atoms. The Balaban J connectivity index is 2.40. The van der Waals surface area contributed by atoms with Crippen molar-refractivity contribution in [2.75, 3.05) is 11.1 Å². The second-order valence-corrected chi connectivity index (χ2v) is 4.49. The predicted molar refractivity (Wildman–Crippen MR) is 73.3 cm³/mol. The Kier molecular flexibility index (Phi) is 3.44. The fourth-order valence-corrected chi connectivity index (χ4v) is 1.93. The van der Waals surface area contributed by atoms with Crippen LogP contribution in [0.4, 0.5) is 17.5 Å². The van der Waals surface area contributed by atoms with Crippen molar-refractivity contribution in [3.05, 3.63) is 40.0 Å². The van der Waals surface area contributed by atoms with Crippen molar-refractivity contribution < 1.29 is 0 Å². The summed E-state index contributed by atoms with van der Waals surface area (Å²) >= 11 is 3.24. The van der Waals surface area contributed by atoms with Gasteiger partial charge < -0.3 is 11.1 Å². The van der Waals surface area contributed by atoms with E-state index in [1.54, 1.807) is 12.1 Å². The van der Waals surface area contributed by atoms with E-state index in [-0.39, 0.29) is 0 Å². The Morgan fingerprint density at radius 1 is 1.39 bits per heavy atom. The highest BCUT2D eigenvalue weighted by atomic mass is 79.9. The fraction of sp³-hybridized carbons (Fsp3) is 0.0833. The van der Waals surface area contributed by atoms with E-state index >= 15 is 0 Å². The van der Waals surface area contributed by atoms with E-state index in [9.17, 15) is 0 Å². The van der Waals surface area contributed by atoms with Crippen LogP contribution < -0.4 is 11.1 Å². The average molecular weight is 304 g/mol. The number of nitrogens with two attached hydrogens (primary N) is 1. The van der Waals surface area contributed by atoms with Gasteiger partial charge in [0.05, 0.1) is 11.3 Å². The van der Waals surface area contributed by atoms with Crippen LogP contribution in [-0.4, -0.2) is 9.97 Å². The first-order chi connectivity index (χ1) is 8.60. The lowest BCUT2D eigenvalue weighted by Gasteiger charge is -2.08. The summed E-state index contributed by atoms with van der Waals surface area (Å²) in [5, 5.41) is 12.1. The van der Waals surface area contributed by atoms with E-state index in [4.69, 9.17) is 11.0 Å². The minimum absolute atomic E-state index is 0.351. The topological polar surface area (TPSA) is 87.6 Å². The van der Waals surface area contributed by atoms with Crippen molar-refractivity contribution in [3.8, 4) is 6.07 Å². The zero-order valence-corrected chi connectivity index (χ0v) is 11.2. The van der Waals surface area contributed by atoms with E-state index in [1.807, 2.05) is 19.1 Å². The van der Waals surface area contributed by atoms with Gasteiger partial charge >= 0.3 is 0 Å². The molecule has 5 nitrogen and oxygen atoms in total. The third kappa shape index (κ3) is 2.57.